The first-order valence-electron chi connectivity index (χ1n) is 6.75. The fraction of sp³-hybridized carbons (Fsp3) is 0.125. The van der Waals surface area contributed by atoms with Crippen molar-refractivity contribution in [1.82, 2.24) is 0 Å². The Balaban J connectivity index is 1.72. The average molecular weight is 300 g/mol. The molecule has 1 aliphatic heterocycles. The summed E-state index contributed by atoms with van der Waals surface area (Å²) in [7, 11) is 0. The van der Waals surface area contributed by atoms with Crippen LogP contribution in [0.15, 0.2) is 48.5 Å². The Bertz CT molecular complexity index is 716. The zero-order valence-electron chi connectivity index (χ0n) is 11.6. The van der Waals surface area contributed by atoms with E-state index < -0.39 is 11.9 Å². The molecule has 1 aliphatic rings. The number of hydrogen-bond donors (Lipinski definition) is 1. The number of nitrogens with one attached hydrogen (secondary N) is 1. The highest BCUT2D eigenvalue weighted by Gasteiger charge is 2.23. The molecule has 0 unspecified atom stereocenters. The Hall–Kier alpha value is -2.89. The van der Waals surface area contributed by atoms with Gasteiger partial charge in [0, 0.05) is 16.9 Å². The van der Waals surface area contributed by atoms with E-state index in [-0.39, 0.29) is 5.91 Å². The van der Waals surface area contributed by atoms with Gasteiger partial charge in [-0.25, -0.2) is 9.18 Å². The number of rotatable bonds is 3. The van der Waals surface area contributed by atoms with E-state index in [2.05, 4.69) is 5.32 Å². The summed E-state index contributed by atoms with van der Waals surface area (Å²) < 4.78 is 17.9. The molecular formula is C16H13FN2O3. The lowest BCUT2D eigenvalue weighted by molar-refractivity contribution is 0.102. The van der Waals surface area contributed by atoms with Crippen molar-refractivity contribution >= 4 is 23.4 Å². The van der Waals surface area contributed by atoms with E-state index in [0.717, 1.165) is 0 Å². The molecule has 0 atom stereocenters. The van der Waals surface area contributed by atoms with Crippen LogP contribution in [0.3, 0.4) is 0 Å². The van der Waals surface area contributed by atoms with Crippen LogP contribution in [0, 0.1) is 5.82 Å². The number of benzene rings is 2. The number of ether oxygens (including phenoxy) is 1. The quantitative estimate of drug-likeness (QED) is 0.948. The van der Waals surface area contributed by atoms with E-state index in [1.54, 1.807) is 30.3 Å². The summed E-state index contributed by atoms with van der Waals surface area (Å²) in [6, 6.07) is 12.2. The predicted octanol–water partition coefficient (Wildman–Crippen LogP) is 3.03. The summed E-state index contributed by atoms with van der Waals surface area (Å²) in [5.41, 5.74) is 1.47. The minimum Gasteiger partial charge on any atom is -0.447 e. The third kappa shape index (κ3) is 2.90. The third-order valence-electron chi connectivity index (χ3n) is 3.28. The number of carbonyl (C=O) groups is 2. The Morgan fingerprint density at radius 3 is 2.59 bits per heavy atom. The van der Waals surface area contributed by atoms with Crippen LogP contribution in [0.4, 0.5) is 20.6 Å². The molecule has 0 bridgehead atoms. The van der Waals surface area contributed by atoms with E-state index in [4.69, 9.17) is 4.74 Å². The fourth-order valence-electron chi connectivity index (χ4n) is 2.19. The van der Waals surface area contributed by atoms with Gasteiger partial charge >= 0.3 is 6.09 Å². The van der Waals surface area contributed by atoms with Crippen LogP contribution in [0.2, 0.25) is 0 Å². The first-order valence-corrected chi connectivity index (χ1v) is 6.75. The van der Waals surface area contributed by atoms with Crippen molar-refractivity contribution < 1.29 is 18.7 Å². The summed E-state index contributed by atoms with van der Waals surface area (Å²) >= 11 is 0. The van der Waals surface area contributed by atoms with Crippen molar-refractivity contribution in [1.29, 1.82) is 0 Å². The van der Waals surface area contributed by atoms with Crippen molar-refractivity contribution in [3.05, 3.63) is 59.9 Å². The van der Waals surface area contributed by atoms with Gasteiger partial charge in [0.05, 0.1) is 6.54 Å². The monoisotopic (exact) mass is 300 g/mol. The second-order valence-electron chi connectivity index (χ2n) is 4.78. The van der Waals surface area contributed by atoms with Gasteiger partial charge in [-0.05, 0) is 42.5 Å². The number of nitrogens with zero attached hydrogens (tertiary/aromatic N) is 1. The van der Waals surface area contributed by atoms with Gasteiger partial charge in [-0.15, -0.1) is 0 Å². The first-order chi connectivity index (χ1) is 10.6. The van der Waals surface area contributed by atoms with Gasteiger partial charge in [0.1, 0.15) is 12.4 Å². The van der Waals surface area contributed by atoms with Crippen molar-refractivity contribution in [3.63, 3.8) is 0 Å². The third-order valence-corrected chi connectivity index (χ3v) is 3.28. The standard InChI is InChI=1S/C16H13FN2O3/c17-12-2-1-3-13(10-12)18-15(20)11-4-6-14(7-5-11)19-8-9-22-16(19)21/h1-7,10H,8-9H2,(H,18,20). The SMILES string of the molecule is O=C(Nc1cccc(F)c1)c1ccc(N2CCOC2=O)cc1. The molecule has 1 fully saturated rings. The van der Waals surface area contributed by atoms with E-state index in [0.29, 0.717) is 30.1 Å². The zero-order chi connectivity index (χ0) is 15.5. The second-order valence-corrected chi connectivity index (χ2v) is 4.78. The van der Waals surface area contributed by atoms with Gasteiger partial charge in [0.15, 0.2) is 0 Å². The van der Waals surface area contributed by atoms with Crippen molar-refractivity contribution in [2.24, 2.45) is 0 Å². The lowest BCUT2D eigenvalue weighted by Gasteiger charge is -2.13. The Kier molecular flexibility index (Phi) is 3.74. The lowest BCUT2D eigenvalue weighted by atomic mass is 10.1. The summed E-state index contributed by atoms with van der Waals surface area (Å²) in [6.45, 7) is 0.855. The second kappa shape index (κ2) is 5.85. The summed E-state index contributed by atoms with van der Waals surface area (Å²) in [5, 5.41) is 2.61. The normalized spacial score (nSPS) is 13.9. The molecule has 22 heavy (non-hydrogen) atoms. The van der Waals surface area contributed by atoms with Crippen LogP contribution in [-0.4, -0.2) is 25.2 Å². The highest BCUT2D eigenvalue weighted by molar-refractivity contribution is 6.04. The summed E-state index contributed by atoms with van der Waals surface area (Å²) in [6.07, 6.45) is -0.392. The van der Waals surface area contributed by atoms with Gasteiger partial charge < -0.3 is 10.1 Å². The average Bonchev–Trinajstić information content (AvgIpc) is 2.93. The molecule has 1 saturated heterocycles. The molecule has 1 heterocycles. The molecule has 112 valence electrons. The van der Waals surface area contributed by atoms with E-state index in [1.165, 1.54) is 23.1 Å². The number of anilines is 2. The molecular weight excluding hydrogens is 287 g/mol. The molecule has 0 aliphatic carbocycles. The zero-order valence-corrected chi connectivity index (χ0v) is 11.6. The molecule has 6 heteroatoms. The summed E-state index contributed by atoms with van der Waals surface area (Å²) in [4.78, 5) is 25.0. The van der Waals surface area contributed by atoms with Crippen LogP contribution in [-0.2, 0) is 4.74 Å². The largest absolute Gasteiger partial charge is 0.447 e. The number of hydrogen-bond acceptors (Lipinski definition) is 3. The van der Waals surface area contributed by atoms with Crippen LogP contribution in [0.25, 0.3) is 0 Å². The Morgan fingerprint density at radius 1 is 1.18 bits per heavy atom. The molecule has 0 radical (unpaired) electrons. The minimum absolute atomic E-state index is 0.346. The van der Waals surface area contributed by atoms with E-state index in [9.17, 15) is 14.0 Å². The predicted molar refractivity (Wildman–Crippen MR) is 79.5 cm³/mol. The molecule has 2 aromatic carbocycles. The van der Waals surface area contributed by atoms with Gasteiger partial charge in [0.2, 0.25) is 0 Å². The maximum Gasteiger partial charge on any atom is 0.414 e. The van der Waals surface area contributed by atoms with Crippen molar-refractivity contribution in [2.45, 2.75) is 0 Å². The molecule has 0 spiro atoms. The first kappa shape index (κ1) is 14.1. The van der Waals surface area contributed by atoms with Gasteiger partial charge in [-0.3, -0.25) is 9.69 Å². The number of halogens is 1. The Labute approximate surface area is 126 Å². The van der Waals surface area contributed by atoms with Gasteiger partial charge in [0.25, 0.3) is 5.91 Å². The molecule has 1 N–H and O–H groups in total. The number of cyclic esters (lactones) is 1. The van der Waals surface area contributed by atoms with Crippen LogP contribution < -0.4 is 10.2 Å². The molecule has 2 aromatic rings. The highest BCUT2D eigenvalue weighted by Crippen LogP contribution is 2.20. The van der Waals surface area contributed by atoms with Crippen molar-refractivity contribution in [3.8, 4) is 0 Å². The molecule has 0 saturated carbocycles. The molecule has 3 rings (SSSR count). The molecule has 5 nitrogen and oxygen atoms in total. The summed E-state index contributed by atoms with van der Waals surface area (Å²) in [5.74, 6) is -0.762. The maximum absolute atomic E-state index is 13.1. The number of carbonyl (C=O) groups excluding carboxylic acids is 2. The van der Waals surface area contributed by atoms with Gasteiger partial charge in [-0.2, -0.15) is 0 Å². The number of amides is 2. The van der Waals surface area contributed by atoms with Crippen molar-refractivity contribution in [2.75, 3.05) is 23.4 Å². The van der Waals surface area contributed by atoms with Crippen LogP contribution in [0.5, 0.6) is 0 Å². The molecule has 2 amide bonds. The highest BCUT2D eigenvalue weighted by atomic mass is 19.1. The fourth-order valence-corrected chi connectivity index (χ4v) is 2.19. The lowest BCUT2D eigenvalue weighted by Crippen LogP contribution is -2.23. The van der Waals surface area contributed by atoms with Crippen LogP contribution in [0.1, 0.15) is 10.4 Å². The van der Waals surface area contributed by atoms with E-state index >= 15 is 0 Å². The molecule has 0 aromatic heterocycles. The topological polar surface area (TPSA) is 58.6 Å². The Morgan fingerprint density at radius 2 is 1.95 bits per heavy atom. The minimum atomic E-state index is -0.416. The van der Waals surface area contributed by atoms with Gasteiger partial charge in [-0.1, -0.05) is 6.07 Å². The van der Waals surface area contributed by atoms with Crippen LogP contribution >= 0.6 is 0 Å². The van der Waals surface area contributed by atoms with E-state index in [1.807, 2.05) is 0 Å². The maximum atomic E-state index is 13.1. The smallest absolute Gasteiger partial charge is 0.414 e.